The number of hydrogen-bond donors (Lipinski definition) is 0. The predicted octanol–water partition coefficient (Wildman–Crippen LogP) is -0.533. The van der Waals surface area contributed by atoms with Crippen molar-refractivity contribution >= 4 is 34.7 Å². The molecule has 6 nitrogen and oxygen atoms in total. The molecule has 1 aliphatic carbocycles. The summed E-state index contributed by atoms with van der Waals surface area (Å²) in [5.74, 6) is -7.53. The van der Waals surface area contributed by atoms with Crippen molar-refractivity contribution in [1.29, 1.82) is 0 Å². The molecule has 6 heteroatoms. The molecule has 1 fully saturated rings. The summed E-state index contributed by atoms with van der Waals surface area (Å²) in [6.45, 7) is 3.03. The standard InChI is InChI=1S/C12H12O6/c1-5(13)8-4-9(16)10(17)11(18)12(8,6(2)14)7(3)15/h8H,4H2,1-3H3. The van der Waals surface area contributed by atoms with Crippen LogP contribution < -0.4 is 0 Å². The minimum absolute atomic E-state index is 0.570. The van der Waals surface area contributed by atoms with Crippen LogP contribution in [0.4, 0.5) is 0 Å². The third-order valence-corrected chi connectivity index (χ3v) is 3.33. The Bertz CT molecular complexity index is 485. The highest BCUT2D eigenvalue weighted by Gasteiger charge is 2.62. The van der Waals surface area contributed by atoms with E-state index in [1.165, 1.54) is 0 Å². The zero-order valence-electron chi connectivity index (χ0n) is 10.2. The molecule has 1 aliphatic rings. The van der Waals surface area contributed by atoms with Crippen molar-refractivity contribution in [2.75, 3.05) is 0 Å². The normalized spacial score (nSPS) is 22.8. The Balaban J connectivity index is 3.58. The monoisotopic (exact) mass is 252 g/mol. The summed E-state index contributed by atoms with van der Waals surface area (Å²) in [6.07, 6.45) is -0.570. The van der Waals surface area contributed by atoms with Crippen molar-refractivity contribution in [2.45, 2.75) is 27.2 Å². The van der Waals surface area contributed by atoms with Gasteiger partial charge in [0.05, 0.1) is 5.92 Å². The number of carbonyl (C=O) groups excluding carboxylic acids is 6. The first kappa shape index (κ1) is 14.1. The van der Waals surface area contributed by atoms with Crippen LogP contribution in [-0.2, 0) is 28.8 Å². The average molecular weight is 252 g/mol. The van der Waals surface area contributed by atoms with Crippen LogP contribution in [0, 0.1) is 11.3 Å². The molecule has 0 aromatic carbocycles. The summed E-state index contributed by atoms with van der Waals surface area (Å²) in [5.41, 5.74) is -2.31. The third kappa shape index (κ3) is 1.64. The van der Waals surface area contributed by atoms with Crippen LogP contribution in [-0.4, -0.2) is 34.7 Å². The number of Topliss-reactive ketones (excluding diaryl/α,β-unsaturated/α-hetero) is 6. The summed E-state index contributed by atoms with van der Waals surface area (Å²) < 4.78 is 0. The molecule has 0 heterocycles. The van der Waals surface area contributed by atoms with Crippen molar-refractivity contribution in [2.24, 2.45) is 11.3 Å². The molecule has 0 bridgehead atoms. The smallest absolute Gasteiger partial charge is 0.265 e. The number of carbonyl (C=O) groups is 6. The molecule has 0 saturated heterocycles. The molecule has 0 radical (unpaired) electrons. The van der Waals surface area contributed by atoms with Crippen molar-refractivity contribution in [3.63, 3.8) is 0 Å². The van der Waals surface area contributed by atoms with Gasteiger partial charge in [0.2, 0.25) is 11.6 Å². The van der Waals surface area contributed by atoms with E-state index in [1.807, 2.05) is 0 Å². The summed E-state index contributed by atoms with van der Waals surface area (Å²) >= 11 is 0. The number of ketones is 6. The van der Waals surface area contributed by atoms with Crippen molar-refractivity contribution in [1.82, 2.24) is 0 Å². The lowest BCUT2D eigenvalue weighted by atomic mass is 9.59. The van der Waals surface area contributed by atoms with E-state index in [0.717, 1.165) is 20.8 Å². The number of rotatable bonds is 3. The molecule has 0 spiro atoms. The molecule has 1 atom stereocenters. The van der Waals surface area contributed by atoms with Crippen LogP contribution in [0.2, 0.25) is 0 Å². The van der Waals surface area contributed by atoms with E-state index in [1.54, 1.807) is 0 Å². The summed E-state index contributed by atoms with van der Waals surface area (Å²) in [5, 5.41) is 0. The molecule has 0 aromatic rings. The van der Waals surface area contributed by atoms with Gasteiger partial charge in [0.25, 0.3) is 5.78 Å². The van der Waals surface area contributed by atoms with Crippen LogP contribution >= 0.6 is 0 Å². The Morgan fingerprint density at radius 3 is 1.78 bits per heavy atom. The van der Waals surface area contributed by atoms with Gasteiger partial charge in [-0.1, -0.05) is 0 Å². The maximum atomic E-state index is 11.9. The molecular formula is C12H12O6. The summed E-state index contributed by atoms with van der Waals surface area (Å²) in [6, 6.07) is 0. The molecule has 1 unspecified atom stereocenters. The van der Waals surface area contributed by atoms with E-state index < -0.39 is 52.5 Å². The first-order chi connectivity index (χ1) is 8.17. The Morgan fingerprint density at radius 2 is 1.44 bits per heavy atom. The molecule has 1 rings (SSSR count). The third-order valence-electron chi connectivity index (χ3n) is 3.33. The first-order valence-corrected chi connectivity index (χ1v) is 5.31. The lowest BCUT2D eigenvalue weighted by Crippen LogP contribution is -2.60. The topological polar surface area (TPSA) is 102 Å². The van der Waals surface area contributed by atoms with Gasteiger partial charge in [-0.3, -0.25) is 28.8 Å². The second-order valence-electron chi connectivity index (χ2n) is 4.37. The Labute approximate surface area is 103 Å². The Kier molecular flexibility index (Phi) is 3.41. The maximum Gasteiger partial charge on any atom is 0.265 e. The largest absolute Gasteiger partial charge is 0.300 e. The van der Waals surface area contributed by atoms with Crippen LogP contribution in [0.15, 0.2) is 0 Å². The van der Waals surface area contributed by atoms with E-state index in [9.17, 15) is 28.8 Å². The molecule has 0 N–H and O–H groups in total. The molecule has 1 saturated carbocycles. The van der Waals surface area contributed by atoms with Gasteiger partial charge in [0, 0.05) is 6.42 Å². The van der Waals surface area contributed by atoms with Gasteiger partial charge in [0.15, 0.2) is 17.0 Å². The van der Waals surface area contributed by atoms with E-state index in [0.29, 0.717) is 0 Å². The zero-order valence-corrected chi connectivity index (χ0v) is 10.2. The average Bonchev–Trinajstić information content (AvgIpc) is 2.24. The van der Waals surface area contributed by atoms with Gasteiger partial charge >= 0.3 is 0 Å². The lowest BCUT2D eigenvalue weighted by molar-refractivity contribution is -0.164. The van der Waals surface area contributed by atoms with Gasteiger partial charge in [0.1, 0.15) is 5.78 Å². The highest BCUT2D eigenvalue weighted by atomic mass is 16.2. The van der Waals surface area contributed by atoms with Crippen LogP contribution in [0.25, 0.3) is 0 Å². The highest BCUT2D eigenvalue weighted by Crippen LogP contribution is 2.38. The fraction of sp³-hybridized carbons (Fsp3) is 0.500. The molecule has 0 amide bonds. The fourth-order valence-electron chi connectivity index (χ4n) is 2.40. The van der Waals surface area contributed by atoms with E-state index >= 15 is 0 Å². The quantitative estimate of drug-likeness (QED) is 0.494. The van der Waals surface area contributed by atoms with Gasteiger partial charge in [-0.2, -0.15) is 0 Å². The molecule has 0 aliphatic heterocycles. The second-order valence-corrected chi connectivity index (χ2v) is 4.37. The van der Waals surface area contributed by atoms with Crippen LogP contribution in [0.3, 0.4) is 0 Å². The van der Waals surface area contributed by atoms with Gasteiger partial charge in [-0.15, -0.1) is 0 Å². The predicted molar refractivity (Wildman–Crippen MR) is 57.6 cm³/mol. The Morgan fingerprint density at radius 1 is 1.00 bits per heavy atom. The van der Waals surface area contributed by atoms with Crippen LogP contribution in [0.1, 0.15) is 27.2 Å². The Hall–Kier alpha value is -1.98. The van der Waals surface area contributed by atoms with E-state index in [2.05, 4.69) is 0 Å². The fourth-order valence-corrected chi connectivity index (χ4v) is 2.40. The van der Waals surface area contributed by atoms with Gasteiger partial charge < -0.3 is 0 Å². The summed E-state index contributed by atoms with van der Waals surface area (Å²) in [4.78, 5) is 69.5. The lowest BCUT2D eigenvalue weighted by Gasteiger charge is -2.35. The second kappa shape index (κ2) is 4.36. The minimum Gasteiger partial charge on any atom is -0.300 e. The van der Waals surface area contributed by atoms with E-state index in [-0.39, 0.29) is 0 Å². The molecular weight excluding hydrogens is 240 g/mol. The minimum atomic E-state index is -2.31. The SMILES string of the molecule is CC(=O)C1CC(=O)C(=O)C(=O)C1(C(C)=O)C(C)=O. The van der Waals surface area contributed by atoms with Crippen molar-refractivity contribution in [3.05, 3.63) is 0 Å². The zero-order chi connectivity index (χ0) is 14.2. The van der Waals surface area contributed by atoms with Crippen molar-refractivity contribution in [3.8, 4) is 0 Å². The van der Waals surface area contributed by atoms with Crippen LogP contribution in [0.5, 0.6) is 0 Å². The maximum absolute atomic E-state index is 11.9. The van der Waals surface area contributed by atoms with Crippen molar-refractivity contribution < 1.29 is 28.8 Å². The van der Waals surface area contributed by atoms with E-state index in [4.69, 9.17) is 0 Å². The summed E-state index contributed by atoms with van der Waals surface area (Å²) in [7, 11) is 0. The van der Waals surface area contributed by atoms with Gasteiger partial charge in [-0.05, 0) is 20.8 Å². The molecule has 96 valence electrons. The first-order valence-electron chi connectivity index (χ1n) is 5.31. The highest BCUT2D eigenvalue weighted by molar-refractivity contribution is 6.69. The molecule has 18 heavy (non-hydrogen) atoms. The number of hydrogen-bond acceptors (Lipinski definition) is 6. The molecule has 0 aromatic heterocycles. The van der Waals surface area contributed by atoms with Gasteiger partial charge in [-0.25, -0.2) is 0 Å².